The van der Waals surface area contributed by atoms with Crippen molar-refractivity contribution in [1.29, 1.82) is 0 Å². The van der Waals surface area contributed by atoms with E-state index in [1.807, 2.05) is 54.6 Å². The third kappa shape index (κ3) is 2.89. The Bertz CT molecular complexity index is 727. The molecule has 3 rings (SSSR count). The molecule has 1 aromatic heterocycles. The van der Waals surface area contributed by atoms with E-state index >= 15 is 0 Å². The van der Waals surface area contributed by atoms with Gasteiger partial charge in [-0.1, -0.05) is 63.6 Å². The quantitative estimate of drug-likeness (QED) is 0.786. The van der Waals surface area contributed by atoms with Crippen LogP contribution in [0.2, 0.25) is 0 Å². The molecule has 0 spiro atoms. The van der Waals surface area contributed by atoms with E-state index in [1.165, 1.54) is 0 Å². The highest BCUT2D eigenvalue weighted by Gasteiger charge is 2.20. The largest absolute Gasteiger partial charge is 0.338 e. The summed E-state index contributed by atoms with van der Waals surface area (Å²) in [4.78, 5) is 4.50. The van der Waals surface area contributed by atoms with Crippen molar-refractivity contribution in [2.75, 3.05) is 6.54 Å². The van der Waals surface area contributed by atoms with Gasteiger partial charge in [0.2, 0.25) is 11.7 Å². The molecule has 0 aliphatic carbocycles. The molecule has 4 nitrogen and oxygen atoms in total. The summed E-state index contributed by atoms with van der Waals surface area (Å²) in [6.07, 6.45) is 0. The third-order valence-electron chi connectivity index (χ3n) is 3.29. The van der Waals surface area contributed by atoms with Gasteiger partial charge in [-0.3, -0.25) is 0 Å². The smallest absolute Gasteiger partial charge is 0.235 e. The molecule has 0 aliphatic rings. The van der Waals surface area contributed by atoms with Gasteiger partial charge in [0.1, 0.15) is 0 Å². The Balaban J connectivity index is 1.96. The summed E-state index contributed by atoms with van der Waals surface area (Å²) in [5.41, 5.74) is 7.85. The lowest BCUT2D eigenvalue weighted by Gasteiger charge is -2.09. The van der Waals surface area contributed by atoms with Gasteiger partial charge in [0.05, 0.1) is 5.92 Å². The van der Waals surface area contributed by atoms with E-state index in [-0.39, 0.29) is 5.92 Å². The first-order chi connectivity index (χ1) is 10.3. The fourth-order valence-corrected chi connectivity index (χ4v) is 2.66. The molecule has 0 radical (unpaired) electrons. The average molecular weight is 344 g/mol. The first-order valence-electron chi connectivity index (χ1n) is 6.63. The first kappa shape index (κ1) is 14.0. The van der Waals surface area contributed by atoms with E-state index in [2.05, 4.69) is 26.1 Å². The van der Waals surface area contributed by atoms with Crippen LogP contribution in [0.4, 0.5) is 0 Å². The van der Waals surface area contributed by atoms with E-state index in [0.29, 0.717) is 18.3 Å². The summed E-state index contributed by atoms with van der Waals surface area (Å²) in [6.45, 7) is 0.418. The summed E-state index contributed by atoms with van der Waals surface area (Å²) >= 11 is 3.49. The number of rotatable bonds is 4. The van der Waals surface area contributed by atoms with Gasteiger partial charge in [-0.05, 0) is 17.7 Å². The van der Waals surface area contributed by atoms with Crippen LogP contribution >= 0.6 is 15.9 Å². The van der Waals surface area contributed by atoms with Gasteiger partial charge >= 0.3 is 0 Å². The molecular formula is C16H14BrN3O. The molecule has 0 amide bonds. The molecule has 21 heavy (non-hydrogen) atoms. The van der Waals surface area contributed by atoms with Crippen LogP contribution in [0.3, 0.4) is 0 Å². The van der Waals surface area contributed by atoms with Gasteiger partial charge in [-0.2, -0.15) is 4.98 Å². The maximum absolute atomic E-state index is 5.88. The molecule has 0 fully saturated rings. The topological polar surface area (TPSA) is 64.9 Å². The number of nitrogens with zero attached hydrogens (tertiary/aromatic N) is 2. The van der Waals surface area contributed by atoms with Crippen LogP contribution in [-0.4, -0.2) is 16.7 Å². The van der Waals surface area contributed by atoms with Crippen molar-refractivity contribution in [1.82, 2.24) is 10.1 Å². The number of nitrogens with two attached hydrogens (primary N) is 1. The van der Waals surface area contributed by atoms with Crippen molar-refractivity contribution in [3.63, 3.8) is 0 Å². The number of hydrogen-bond acceptors (Lipinski definition) is 4. The Morgan fingerprint density at radius 2 is 1.76 bits per heavy atom. The maximum Gasteiger partial charge on any atom is 0.235 e. The minimum atomic E-state index is -0.0880. The predicted molar refractivity (Wildman–Crippen MR) is 84.8 cm³/mol. The standard InChI is InChI=1S/C16H14BrN3O/c17-14-9-5-4-8-12(14)15-19-16(21-20-15)13(10-18)11-6-2-1-3-7-11/h1-9,13H,10,18H2. The molecular weight excluding hydrogens is 330 g/mol. The molecule has 2 aromatic carbocycles. The summed E-state index contributed by atoms with van der Waals surface area (Å²) in [7, 11) is 0. The molecule has 1 atom stereocenters. The molecule has 106 valence electrons. The lowest BCUT2D eigenvalue weighted by molar-refractivity contribution is 0.367. The zero-order valence-corrected chi connectivity index (χ0v) is 12.8. The Kier molecular flexibility index (Phi) is 4.13. The Morgan fingerprint density at radius 3 is 2.48 bits per heavy atom. The lowest BCUT2D eigenvalue weighted by Crippen LogP contribution is -2.14. The minimum absolute atomic E-state index is 0.0880. The van der Waals surface area contributed by atoms with E-state index < -0.39 is 0 Å². The molecule has 1 heterocycles. The molecule has 0 aliphatic heterocycles. The van der Waals surface area contributed by atoms with Gasteiger partial charge < -0.3 is 10.3 Å². The minimum Gasteiger partial charge on any atom is -0.338 e. The highest BCUT2D eigenvalue weighted by atomic mass is 79.9. The highest BCUT2D eigenvalue weighted by Crippen LogP contribution is 2.28. The summed E-state index contributed by atoms with van der Waals surface area (Å²) in [5, 5.41) is 4.07. The van der Waals surface area contributed by atoms with Gasteiger partial charge in [0.25, 0.3) is 0 Å². The molecule has 0 saturated carbocycles. The van der Waals surface area contributed by atoms with Crippen LogP contribution in [-0.2, 0) is 0 Å². The third-order valence-corrected chi connectivity index (χ3v) is 3.98. The molecule has 0 saturated heterocycles. The van der Waals surface area contributed by atoms with Crippen LogP contribution in [0.25, 0.3) is 11.4 Å². The average Bonchev–Trinajstić information content (AvgIpc) is 2.99. The second-order valence-electron chi connectivity index (χ2n) is 4.64. The van der Waals surface area contributed by atoms with Crippen LogP contribution in [0.1, 0.15) is 17.4 Å². The SMILES string of the molecule is NCC(c1ccccc1)c1nc(-c2ccccc2Br)no1. The van der Waals surface area contributed by atoms with Crippen molar-refractivity contribution in [3.8, 4) is 11.4 Å². The monoisotopic (exact) mass is 343 g/mol. The van der Waals surface area contributed by atoms with Crippen molar-refractivity contribution in [2.24, 2.45) is 5.73 Å². The van der Waals surface area contributed by atoms with Gasteiger partial charge in [-0.15, -0.1) is 0 Å². The van der Waals surface area contributed by atoms with Crippen LogP contribution in [0.15, 0.2) is 63.6 Å². The number of benzene rings is 2. The summed E-state index contributed by atoms with van der Waals surface area (Å²) in [6, 6.07) is 17.7. The zero-order chi connectivity index (χ0) is 14.7. The van der Waals surface area contributed by atoms with Crippen molar-refractivity contribution in [2.45, 2.75) is 5.92 Å². The van der Waals surface area contributed by atoms with Gasteiger partial charge in [0, 0.05) is 16.6 Å². The lowest BCUT2D eigenvalue weighted by atomic mass is 9.99. The Morgan fingerprint density at radius 1 is 1.05 bits per heavy atom. The van der Waals surface area contributed by atoms with E-state index in [0.717, 1.165) is 15.6 Å². The molecule has 0 bridgehead atoms. The molecule has 1 unspecified atom stereocenters. The predicted octanol–water partition coefficient (Wildman–Crippen LogP) is 3.59. The molecule has 5 heteroatoms. The molecule has 3 aromatic rings. The van der Waals surface area contributed by atoms with E-state index in [9.17, 15) is 0 Å². The van der Waals surface area contributed by atoms with Crippen LogP contribution < -0.4 is 5.73 Å². The number of halogens is 1. The Hall–Kier alpha value is -1.98. The van der Waals surface area contributed by atoms with Gasteiger partial charge in [0.15, 0.2) is 0 Å². The normalized spacial score (nSPS) is 12.3. The van der Waals surface area contributed by atoms with Crippen LogP contribution in [0.5, 0.6) is 0 Å². The van der Waals surface area contributed by atoms with Crippen LogP contribution in [0, 0.1) is 0 Å². The summed E-state index contributed by atoms with van der Waals surface area (Å²) < 4.78 is 6.35. The molecule has 2 N–H and O–H groups in total. The van der Waals surface area contributed by atoms with E-state index in [4.69, 9.17) is 10.3 Å². The van der Waals surface area contributed by atoms with E-state index in [1.54, 1.807) is 0 Å². The van der Waals surface area contributed by atoms with Crippen molar-refractivity contribution in [3.05, 3.63) is 70.5 Å². The fraction of sp³-hybridized carbons (Fsp3) is 0.125. The maximum atomic E-state index is 5.88. The van der Waals surface area contributed by atoms with Crippen molar-refractivity contribution >= 4 is 15.9 Å². The van der Waals surface area contributed by atoms with Gasteiger partial charge in [-0.25, -0.2) is 0 Å². The number of hydrogen-bond donors (Lipinski definition) is 1. The Labute approximate surface area is 131 Å². The fourth-order valence-electron chi connectivity index (χ4n) is 2.19. The highest BCUT2D eigenvalue weighted by molar-refractivity contribution is 9.10. The first-order valence-corrected chi connectivity index (χ1v) is 7.42. The second-order valence-corrected chi connectivity index (χ2v) is 5.49. The van der Waals surface area contributed by atoms with Crippen molar-refractivity contribution < 1.29 is 4.52 Å². The zero-order valence-electron chi connectivity index (χ0n) is 11.2. The number of aromatic nitrogens is 2. The second kappa shape index (κ2) is 6.20. The summed E-state index contributed by atoms with van der Waals surface area (Å²) in [5.74, 6) is 1.01.